The van der Waals surface area contributed by atoms with Gasteiger partial charge < -0.3 is 14.2 Å². The van der Waals surface area contributed by atoms with E-state index in [1.165, 1.54) is 27.7 Å². The van der Waals surface area contributed by atoms with E-state index in [4.69, 9.17) is 4.74 Å². The number of hydrogen-bond acceptors (Lipinski definition) is 2. The normalized spacial score (nSPS) is 11.6. The maximum absolute atomic E-state index is 5.79. The van der Waals surface area contributed by atoms with Gasteiger partial charge in [-0.15, -0.1) is 0 Å². The van der Waals surface area contributed by atoms with Crippen LogP contribution in [0.1, 0.15) is 12.6 Å². The molecular weight excluding hydrogens is 320 g/mol. The van der Waals surface area contributed by atoms with E-state index in [9.17, 15) is 0 Å². The molecule has 3 heteroatoms. The third-order valence-corrected chi connectivity index (χ3v) is 4.58. The number of anilines is 1. The van der Waals surface area contributed by atoms with Crippen LogP contribution in [0.5, 0.6) is 0 Å². The lowest BCUT2D eigenvalue weighted by Gasteiger charge is -2.12. The van der Waals surface area contributed by atoms with Crippen LogP contribution in [0.4, 0.5) is 5.69 Å². The van der Waals surface area contributed by atoms with Crippen LogP contribution in [0.3, 0.4) is 0 Å². The zero-order valence-electron chi connectivity index (χ0n) is 16.0. The standard InChI is InChI=1S/C23H26N2O/c1-6-8-23(26-7-2)22-16-19-15-18(11-14-21(19)25(22)5)17-9-12-20(13-10-17)24(3)4/h6,8-16H,1,7H2,2-5H3/b23-8+. The second-order valence-corrected chi connectivity index (χ2v) is 6.50. The van der Waals surface area contributed by atoms with Gasteiger partial charge in [-0.1, -0.05) is 30.9 Å². The zero-order chi connectivity index (χ0) is 18.7. The van der Waals surface area contributed by atoms with Crippen molar-refractivity contribution in [3.8, 4) is 11.1 Å². The summed E-state index contributed by atoms with van der Waals surface area (Å²) >= 11 is 0. The number of aryl methyl sites for hydroxylation is 1. The average molecular weight is 346 g/mol. The molecule has 0 N–H and O–H groups in total. The van der Waals surface area contributed by atoms with Gasteiger partial charge in [0, 0.05) is 37.7 Å². The van der Waals surface area contributed by atoms with Crippen molar-refractivity contribution in [3.05, 3.63) is 73.0 Å². The summed E-state index contributed by atoms with van der Waals surface area (Å²) in [7, 11) is 6.18. The summed E-state index contributed by atoms with van der Waals surface area (Å²) in [4.78, 5) is 2.11. The molecule has 1 aromatic heterocycles. The fourth-order valence-corrected chi connectivity index (χ4v) is 3.19. The van der Waals surface area contributed by atoms with Gasteiger partial charge in [-0.25, -0.2) is 0 Å². The van der Waals surface area contributed by atoms with Crippen LogP contribution in [-0.2, 0) is 11.8 Å². The van der Waals surface area contributed by atoms with Gasteiger partial charge in [0.25, 0.3) is 0 Å². The van der Waals surface area contributed by atoms with Crippen LogP contribution in [0, 0.1) is 0 Å². The van der Waals surface area contributed by atoms with Crippen molar-refractivity contribution in [2.75, 3.05) is 25.6 Å². The minimum atomic E-state index is 0.630. The van der Waals surface area contributed by atoms with Gasteiger partial charge in [-0.3, -0.25) is 0 Å². The Morgan fingerprint density at radius 3 is 2.38 bits per heavy atom. The van der Waals surface area contributed by atoms with Gasteiger partial charge in [0.15, 0.2) is 0 Å². The van der Waals surface area contributed by atoms with E-state index in [0.29, 0.717) is 6.61 Å². The predicted molar refractivity (Wildman–Crippen MR) is 112 cm³/mol. The third-order valence-electron chi connectivity index (χ3n) is 4.58. The molecule has 0 bridgehead atoms. The quantitative estimate of drug-likeness (QED) is 0.435. The van der Waals surface area contributed by atoms with E-state index in [2.05, 4.69) is 85.7 Å². The minimum Gasteiger partial charge on any atom is -0.492 e. The van der Waals surface area contributed by atoms with Crippen LogP contribution in [0.15, 0.2) is 67.3 Å². The molecule has 0 saturated heterocycles. The first-order chi connectivity index (χ1) is 12.5. The first-order valence-corrected chi connectivity index (χ1v) is 8.88. The lowest BCUT2D eigenvalue weighted by molar-refractivity contribution is 0.295. The smallest absolute Gasteiger partial charge is 0.142 e. The van der Waals surface area contributed by atoms with Crippen LogP contribution in [0.2, 0.25) is 0 Å². The highest BCUT2D eigenvalue weighted by Crippen LogP contribution is 2.30. The van der Waals surface area contributed by atoms with Gasteiger partial charge in [0.1, 0.15) is 5.76 Å². The molecule has 0 aliphatic rings. The van der Waals surface area contributed by atoms with Gasteiger partial charge in [0.2, 0.25) is 0 Å². The molecule has 1 heterocycles. The van der Waals surface area contributed by atoms with E-state index in [0.717, 1.165) is 11.5 Å². The average Bonchev–Trinajstić information content (AvgIpc) is 2.97. The van der Waals surface area contributed by atoms with E-state index < -0.39 is 0 Å². The number of fused-ring (bicyclic) bond motifs is 1. The van der Waals surface area contributed by atoms with Crippen molar-refractivity contribution >= 4 is 22.3 Å². The second kappa shape index (κ2) is 7.52. The molecule has 0 unspecified atom stereocenters. The number of hydrogen-bond donors (Lipinski definition) is 0. The Kier molecular flexibility index (Phi) is 5.17. The molecule has 3 rings (SSSR count). The summed E-state index contributed by atoms with van der Waals surface area (Å²) in [5.41, 5.74) is 5.87. The second-order valence-electron chi connectivity index (χ2n) is 6.50. The molecule has 2 aromatic carbocycles. The Hall–Kier alpha value is -2.94. The van der Waals surface area contributed by atoms with Crippen molar-refractivity contribution in [1.82, 2.24) is 4.57 Å². The highest BCUT2D eigenvalue weighted by molar-refractivity contribution is 5.89. The number of ether oxygens (including phenoxy) is 1. The Labute approximate surface area is 155 Å². The van der Waals surface area contributed by atoms with E-state index >= 15 is 0 Å². The van der Waals surface area contributed by atoms with Gasteiger partial charge in [-0.2, -0.15) is 0 Å². The van der Waals surface area contributed by atoms with E-state index in [1.807, 2.05) is 13.0 Å². The van der Waals surface area contributed by atoms with Crippen LogP contribution in [0.25, 0.3) is 27.8 Å². The summed E-state index contributed by atoms with van der Waals surface area (Å²) in [5, 5.41) is 1.20. The molecule has 0 radical (unpaired) electrons. The molecular formula is C23H26N2O. The molecule has 0 saturated carbocycles. The van der Waals surface area contributed by atoms with Crippen molar-refractivity contribution < 1.29 is 4.74 Å². The summed E-state index contributed by atoms with van der Waals surface area (Å²) < 4.78 is 7.96. The zero-order valence-corrected chi connectivity index (χ0v) is 16.0. The van der Waals surface area contributed by atoms with Crippen LogP contribution in [-0.4, -0.2) is 25.3 Å². The molecule has 0 aliphatic heterocycles. The third kappa shape index (κ3) is 3.38. The molecule has 0 fully saturated rings. The van der Waals surface area contributed by atoms with Crippen molar-refractivity contribution in [2.45, 2.75) is 6.92 Å². The molecule has 26 heavy (non-hydrogen) atoms. The van der Waals surface area contributed by atoms with Crippen molar-refractivity contribution in [2.24, 2.45) is 7.05 Å². The summed E-state index contributed by atoms with van der Waals surface area (Å²) in [6.45, 7) is 6.42. The summed E-state index contributed by atoms with van der Waals surface area (Å²) in [6.07, 6.45) is 3.68. The number of allylic oxidation sites excluding steroid dienone is 2. The number of benzene rings is 2. The monoisotopic (exact) mass is 346 g/mol. The fourth-order valence-electron chi connectivity index (χ4n) is 3.19. The maximum Gasteiger partial charge on any atom is 0.142 e. The molecule has 0 amide bonds. The largest absolute Gasteiger partial charge is 0.492 e. The molecule has 0 spiro atoms. The van der Waals surface area contributed by atoms with Crippen LogP contribution >= 0.6 is 0 Å². The van der Waals surface area contributed by atoms with E-state index in [1.54, 1.807) is 6.08 Å². The molecule has 0 atom stereocenters. The molecule has 3 nitrogen and oxygen atoms in total. The van der Waals surface area contributed by atoms with Gasteiger partial charge in [-0.05, 0) is 54.5 Å². The Bertz CT molecular complexity index is 946. The van der Waals surface area contributed by atoms with Crippen LogP contribution < -0.4 is 4.90 Å². The summed E-state index contributed by atoms with van der Waals surface area (Å²) in [5.74, 6) is 0.845. The lowest BCUT2D eigenvalue weighted by atomic mass is 10.0. The lowest BCUT2D eigenvalue weighted by Crippen LogP contribution is -2.07. The molecule has 0 aliphatic carbocycles. The SMILES string of the molecule is C=C/C=C(/OCC)c1cc2cc(-c3ccc(N(C)C)cc3)ccc2n1C. The fraction of sp³-hybridized carbons (Fsp3) is 0.217. The highest BCUT2D eigenvalue weighted by Gasteiger charge is 2.12. The number of rotatable bonds is 6. The highest BCUT2D eigenvalue weighted by atomic mass is 16.5. The van der Waals surface area contributed by atoms with E-state index in [-0.39, 0.29) is 0 Å². The maximum atomic E-state index is 5.79. The van der Waals surface area contributed by atoms with Crippen molar-refractivity contribution in [1.29, 1.82) is 0 Å². The number of nitrogens with zero attached hydrogens (tertiary/aromatic N) is 2. The van der Waals surface area contributed by atoms with Crippen molar-refractivity contribution in [3.63, 3.8) is 0 Å². The Morgan fingerprint density at radius 1 is 1.08 bits per heavy atom. The molecule has 134 valence electrons. The van der Waals surface area contributed by atoms with Gasteiger partial charge >= 0.3 is 0 Å². The minimum absolute atomic E-state index is 0.630. The topological polar surface area (TPSA) is 17.4 Å². The summed E-state index contributed by atoms with van der Waals surface area (Å²) in [6, 6.07) is 17.4. The Balaban J connectivity index is 2.04. The first-order valence-electron chi connectivity index (χ1n) is 8.88. The van der Waals surface area contributed by atoms with Gasteiger partial charge in [0.05, 0.1) is 12.3 Å². The predicted octanol–water partition coefficient (Wildman–Crippen LogP) is 5.47. The molecule has 3 aromatic rings. The number of aromatic nitrogens is 1. The Morgan fingerprint density at radius 2 is 1.77 bits per heavy atom. The first kappa shape index (κ1) is 17.9.